The van der Waals surface area contributed by atoms with Gasteiger partial charge in [0.05, 0.1) is 5.54 Å². The fourth-order valence-electron chi connectivity index (χ4n) is 2.16. The number of unbranched alkanes of at least 4 members (excludes halogenated alkanes) is 8. The Bertz CT molecular complexity index is 233. The molecule has 106 valence electrons. The largest absolute Gasteiger partial charge is 0.319 e. The summed E-state index contributed by atoms with van der Waals surface area (Å²) < 4.78 is 0. The molecule has 0 spiro atoms. The lowest BCUT2D eigenvalue weighted by Crippen LogP contribution is -2.43. The van der Waals surface area contributed by atoms with Gasteiger partial charge in [-0.05, 0) is 19.4 Å². The molecule has 2 heteroatoms. The van der Waals surface area contributed by atoms with Crippen LogP contribution in [-0.2, 0) is 4.79 Å². The van der Waals surface area contributed by atoms with Crippen molar-refractivity contribution >= 4 is 5.78 Å². The Balaban J connectivity index is 3.40. The SMILES string of the molecule is C=CC(=O)C(C)(N)CCCCCCCCCCC. The van der Waals surface area contributed by atoms with Crippen molar-refractivity contribution in [2.45, 2.75) is 83.6 Å². The van der Waals surface area contributed by atoms with E-state index in [2.05, 4.69) is 13.5 Å². The molecule has 1 unspecified atom stereocenters. The molecule has 0 saturated carbocycles. The lowest BCUT2D eigenvalue weighted by Gasteiger charge is -2.20. The summed E-state index contributed by atoms with van der Waals surface area (Å²) in [5.41, 5.74) is 5.24. The third-order valence-corrected chi connectivity index (χ3v) is 3.55. The van der Waals surface area contributed by atoms with Crippen molar-refractivity contribution in [3.8, 4) is 0 Å². The van der Waals surface area contributed by atoms with E-state index in [1.165, 1.54) is 57.4 Å². The quantitative estimate of drug-likeness (QED) is 0.414. The average molecular weight is 253 g/mol. The van der Waals surface area contributed by atoms with Crippen molar-refractivity contribution in [3.63, 3.8) is 0 Å². The Hall–Kier alpha value is -0.630. The van der Waals surface area contributed by atoms with E-state index in [4.69, 9.17) is 5.73 Å². The summed E-state index contributed by atoms with van der Waals surface area (Å²) in [7, 11) is 0. The van der Waals surface area contributed by atoms with E-state index >= 15 is 0 Å². The molecule has 0 aliphatic rings. The van der Waals surface area contributed by atoms with Gasteiger partial charge < -0.3 is 5.73 Å². The molecular weight excluding hydrogens is 222 g/mol. The smallest absolute Gasteiger partial charge is 0.174 e. The molecule has 0 fully saturated rings. The van der Waals surface area contributed by atoms with E-state index in [1.807, 2.05) is 6.92 Å². The van der Waals surface area contributed by atoms with E-state index < -0.39 is 5.54 Å². The van der Waals surface area contributed by atoms with E-state index in [0.717, 1.165) is 12.8 Å². The van der Waals surface area contributed by atoms with Crippen LogP contribution in [0.1, 0.15) is 78.1 Å². The molecule has 2 nitrogen and oxygen atoms in total. The third kappa shape index (κ3) is 8.46. The van der Waals surface area contributed by atoms with Crippen LogP contribution >= 0.6 is 0 Å². The Labute approximate surface area is 113 Å². The summed E-state index contributed by atoms with van der Waals surface area (Å²) >= 11 is 0. The molecule has 0 heterocycles. The molecule has 0 amide bonds. The van der Waals surface area contributed by atoms with Crippen molar-refractivity contribution in [1.82, 2.24) is 0 Å². The first-order chi connectivity index (χ1) is 8.54. The van der Waals surface area contributed by atoms with Gasteiger partial charge in [0.1, 0.15) is 0 Å². The van der Waals surface area contributed by atoms with Gasteiger partial charge in [-0.15, -0.1) is 0 Å². The normalized spacial score (nSPS) is 14.2. The van der Waals surface area contributed by atoms with Crippen LogP contribution in [0.5, 0.6) is 0 Å². The van der Waals surface area contributed by atoms with Crippen LogP contribution in [0, 0.1) is 0 Å². The van der Waals surface area contributed by atoms with Gasteiger partial charge in [0.2, 0.25) is 0 Å². The van der Waals surface area contributed by atoms with Gasteiger partial charge in [-0.1, -0.05) is 71.3 Å². The summed E-state index contributed by atoms with van der Waals surface area (Å²) in [6.45, 7) is 7.54. The minimum Gasteiger partial charge on any atom is -0.319 e. The molecule has 18 heavy (non-hydrogen) atoms. The van der Waals surface area contributed by atoms with E-state index in [-0.39, 0.29) is 5.78 Å². The maximum absolute atomic E-state index is 11.5. The fourth-order valence-corrected chi connectivity index (χ4v) is 2.16. The third-order valence-electron chi connectivity index (χ3n) is 3.55. The summed E-state index contributed by atoms with van der Waals surface area (Å²) in [5, 5.41) is 0. The summed E-state index contributed by atoms with van der Waals surface area (Å²) in [6.07, 6.45) is 13.7. The molecule has 0 aromatic carbocycles. The topological polar surface area (TPSA) is 43.1 Å². The summed E-state index contributed by atoms with van der Waals surface area (Å²) in [5.74, 6) is -0.0398. The van der Waals surface area contributed by atoms with Gasteiger partial charge in [-0.25, -0.2) is 0 Å². The van der Waals surface area contributed by atoms with Gasteiger partial charge in [0.15, 0.2) is 5.78 Å². The molecule has 0 aliphatic carbocycles. The van der Waals surface area contributed by atoms with Gasteiger partial charge in [-0.3, -0.25) is 4.79 Å². The standard InChI is InChI=1S/C16H31NO/c1-4-6-7-8-9-10-11-12-13-14-16(3,17)15(18)5-2/h5H,2,4,6-14,17H2,1,3H3. The first-order valence-electron chi connectivity index (χ1n) is 7.50. The van der Waals surface area contributed by atoms with Crippen LogP contribution in [0.25, 0.3) is 0 Å². The molecule has 0 saturated heterocycles. The highest BCUT2D eigenvalue weighted by molar-refractivity contribution is 5.96. The van der Waals surface area contributed by atoms with Crippen molar-refractivity contribution in [2.75, 3.05) is 0 Å². The number of hydrogen-bond acceptors (Lipinski definition) is 2. The second-order valence-electron chi connectivity index (χ2n) is 5.56. The molecule has 1 atom stereocenters. The Kier molecular flexibility index (Phi) is 9.95. The highest BCUT2D eigenvalue weighted by Gasteiger charge is 2.24. The predicted molar refractivity (Wildman–Crippen MR) is 79.6 cm³/mol. The van der Waals surface area contributed by atoms with E-state index in [9.17, 15) is 4.79 Å². The van der Waals surface area contributed by atoms with Gasteiger partial charge in [0, 0.05) is 0 Å². The molecule has 0 rings (SSSR count). The second-order valence-corrected chi connectivity index (χ2v) is 5.56. The number of rotatable bonds is 12. The number of carbonyl (C=O) groups is 1. The van der Waals surface area contributed by atoms with Crippen molar-refractivity contribution in [3.05, 3.63) is 12.7 Å². The second kappa shape index (κ2) is 10.3. The van der Waals surface area contributed by atoms with Crippen molar-refractivity contribution in [2.24, 2.45) is 5.73 Å². The summed E-state index contributed by atoms with van der Waals surface area (Å²) in [4.78, 5) is 11.5. The number of carbonyl (C=O) groups excluding carboxylic acids is 1. The summed E-state index contributed by atoms with van der Waals surface area (Å²) in [6, 6.07) is 0. The zero-order valence-electron chi connectivity index (χ0n) is 12.3. The van der Waals surface area contributed by atoms with Gasteiger partial charge in [-0.2, -0.15) is 0 Å². The highest BCUT2D eigenvalue weighted by atomic mass is 16.1. The first kappa shape index (κ1) is 17.4. The lowest BCUT2D eigenvalue weighted by molar-refractivity contribution is -0.119. The highest BCUT2D eigenvalue weighted by Crippen LogP contribution is 2.15. The van der Waals surface area contributed by atoms with Crippen LogP contribution < -0.4 is 5.73 Å². The molecule has 0 bridgehead atoms. The molecule has 0 radical (unpaired) electrons. The Morgan fingerprint density at radius 3 is 1.94 bits per heavy atom. The van der Waals surface area contributed by atoms with Gasteiger partial charge in [0.25, 0.3) is 0 Å². The number of hydrogen-bond donors (Lipinski definition) is 1. The molecule has 0 aromatic rings. The van der Waals surface area contributed by atoms with Crippen LogP contribution in [0.3, 0.4) is 0 Å². The lowest BCUT2D eigenvalue weighted by atomic mass is 9.90. The molecule has 2 N–H and O–H groups in total. The number of ketones is 1. The first-order valence-corrected chi connectivity index (χ1v) is 7.50. The average Bonchev–Trinajstić information content (AvgIpc) is 2.35. The maximum atomic E-state index is 11.5. The molecule has 0 aliphatic heterocycles. The van der Waals surface area contributed by atoms with Crippen molar-refractivity contribution < 1.29 is 4.79 Å². The number of nitrogens with two attached hydrogens (primary N) is 1. The fraction of sp³-hybridized carbons (Fsp3) is 0.812. The minimum absolute atomic E-state index is 0.0398. The van der Waals surface area contributed by atoms with Crippen LogP contribution in [0.15, 0.2) is 12.7 Å². The van der Waals surface area contributed by atoms with Crippen LogP contribution in [0.4, 0.5) is 0 Å². The molecule has 0 aromatic heterocycles. The Morgan fingerprint density at radius 1 is 1.06 bits per heavy atom. The minimum atomic E-state index is -0.705. The molecular formula is C16H31NO. The van der Waals surface area contributed by atoms with E-state index in [1.54, 1.807) is 0 Å². The predicted octanol–water partition coefficient (Wildman–Crippen LogP) is 4.38. The zero-order chi connectivity index (χ0) is 13.9. The Morgan fingerprint density at radius 2 is 1.50 bits per heavy atom. The van der Waals surface area contributed by atoms with Crippen molar-refractivity contribution in [1.29, 1.82) is 0 Å². The van der Waals surface area contributed by atoms with Crippen LogP contribution in [0.2, 0.25) is 0 Å². The maximum Gasteiger partial charge on any atom is 0.174 e. The van der Waals surface area contributed by atoms with Gasteiger partial charge >= 0.3 is 0 Å². The van der Waals surface area contributed by atoms with Crippen LogP contribution in [-0.4, -0.2) is 11.3 Å². The zero-order valence-corrected chi connectivity index (χ0v) is 12.3. The van der Waals surface area contributed by atoms with E-state index in [0.29, 0.717) is 0 Å². The monoisotopic (exact) mass is 253 g/mol.